The van der Waals surface area contributed by atoms with Crippen molar-refractivity contribution in [3.05, 3.63) is 45.8 Å². The number of carbonyl (C=O) groups is 1. The topological polar surface area (TPSA) is 59.3 Å². The number of rotatable bonds is 3. The van der Waals surface area contributed by atoms with Gasteiger partial charge in [-0.25, -0.2) is 4.79 Å². The van der Waals surface area contributed by atoms with Crippen molar-refractivity contribution in [2.45, 2.75) is 27.3 Å². The Balaban J connectivity index is 2.37. The highest BCUT2D eigenvalue weighted by molar-refractivity contribution is 5.82. The maximum atomic E-state index is 11.6. The molecule has 0 saturated carbocycles. The Hall–Kier alpha value is -2.10. The second-order valence-electron chi connectivity index (χ2n) is 4.96. The molecule has 0 aliphatic carbocycles. The van der Waals surface area contributed by atoms with E-state index in [1.807, 2.05) is 39.0 Å². The summed E-state index contributed by atoms with van der Waals surface area (Å²) in [5.41, 5.74) is 1.97. The molecule has 100 valence electrons. The molecule has 1 aromatic heterocycles. The normalized spacial score (nSPS) is 10.9. The molecule has 0 fully saturated rings. The zero-order valence-electron chi connectivity index (χ0n) is 11.3. The zero-order chi connectivity index (χ0) is 14.0. The van der Waals surface area contributed by atoms with E-state index in [-0.39, 0.29) is 11.8 Å². The van der Waals surface area contributed by atoms with Crippen LogP contribution in [-0.4, -0.2) is 5.91 Å². The Morgan fingerprint density at radius 1 is 1.32 bits per heavy atom. The number of benzene rings is 1. The van der Waals surface area contributed by atoms with Crippen LogP contribution in [0.4, 0.5) is 0 Å². The summed E-state index contributed by atoms with van der Waals surface area (Å²) in [4.78, 5) is 23.1. The number of amides is 1. The Kier molecular flexibility index (Phi) is 3.69. The molecule has 1 N–H and O–H groups in total. The number of aryl methyl sites for hydroxylation is 1. The average Bonchev–Trinajstić information content (AvgIpc) is 2.34. The third kappa shape index (κ3) is 3.02. The van der Waals surface area contributed by atoms with Crippen molar-refractivity contribution in [2.75, 3.05) is 0 Å². The Bertz CT molecular complexity index is 671. The van der Waals surface area contributed by atoms with Crippen molar-refractivity contribution in [2.24, 2.45) is 5.92 Å². The van der Waals surface area contributed by atoms with Crippen LogP contribution >= 0.6 is 0 Å². The molecule has 0 aliphatic rings. The molecule has 19 heavy (non-hydrogen) atoms. The molecule has 0 bridgehead atoms. The fourth-order valence-electron chi connectivity index (χ4n) is 1.87. The maximum absolute atomic E-state index is 11.6. The second kappa shape index (κ2) is 5.26. The first-order valence-corrected chi connectivity index (χ1v) is 6.28. The molecule has 1 heterocycles. The molecular formula is C15H17NO3. The number of hydrogen-bond acceptors (Lipinski definition) is 3. The van der Waals surface area contributed by atoms with Crippen LogP contribution in [0.25, 0.3) is 11.0 Å². The van der Waals surface area contributed by atoms with Gasteiger partial charge in [0.25, 0.3) is 0 Å². The fourth-order valence-corrected chi connectivity index (χ4v) is 1.87. The molecule has 0 saturated heterocycles. The van der Waals surface area contributed by atoms with Crippen molar-refractivity contribution < 1.29 is 9.21 Å². The van der Waals surface area contributed by atoms with E-state index in [0.29, 0.717) is 12.1 Å². The minimum absolute atomic E-state index is 0.0338. The highest BCUT2D eigenvalue weighted by Crippen LogP contribution is 2.18. The minimum atomic E-state index is -0.396. The van der Waals surface area contributed by atoms with Crippen LogP contribution in [0.15, 0.2) is 33.5 Å². The van der Waals surface area contributed by atoms with E-state index in [2.05, 4.69) is 5.32 Å². The maximum Gasteiger partial charge on any atom is 0.336 e. The first-order valence-electron chi connectivity index (χ1n) is 6.28. The number of nitrogens with one attached hydrogen (secondary N) is 1. The van der Waals surface area contributed by atoms with Gasteiger partial charge in [-0.3, -0.25) is 4.79 Å². The molecule has 1 amide bonds. The molecule has 4 nitrogen and oxygen atoms in total. The lowest BCUT2D eigenvalue weighted by atomic mass is 10.1. The van der Waals surface area contributed by atoms with Crippen LogP contribution in [0.2, 0.25) is 0 Å². The molecule has 0 aliphatic heterocycles. The van der Waals surface area contributed by atoms with Gasteiger partial charge in [0, 0.05) is 23.9 Å². The number of fused-ring (bicyclic) bond motifs is 1. The summed E-state index contributed by atoms with van der Waals surface area (Å²) in [6.45, 7) is 5.93. The molecule has 0 spiro atoms. The standard InChI is InChI=1S/C15H17NO3/c1-9(2)15(18)16-8-11-7-14(17)19-13-6-10(3)4-5-12(11)13/h4-7,9H,8H2,1-3H3,(H,16,18). The minimum Gasteiger partial charge on any atom is -0.423 e. The summed E-state index contributed by atoms with van der Waals surface area (Å²) in [7, 11) is 0. The molecule has 0 radical (unpaired) electrons. The van der Waals surface area contributed by atoms with Crippen LogP contribution in [0.5, 0.6) is 0 Å². The van der Waals surface area contributed by atoms with Gasteiger partial charge in [-0.1, -0.05) is 26.0 Å². The summed E-state index contributed by atoms with van der Waals surface area (Å²) in [5.74, 6) is -0.109. The Morgan fingerprint density at radius 3 is 2.74 bits per heavy atom. The molecule has 2 aromatic rings. The van der Waals surface area contributed by atoms with Crippen molar-refractivity contribution in [1.82, 2.24) is 5.32 Å². The summed E-state index contributed by atoms with van der Waals surface area (Å²) in [6.07, 6.45) is 0. The predicted molar refractivity (Wildman–Crippen MR) is 73.9 cm³/mol. The monoisotopic (exact) mass is 259 g/mol. The van der Waals surface area contributed by atoms with Crippen LogP contribution in [0, 0.1) is 12.8 Å². The van der Waals surface area contributed by atoms with E-state index in [1.54, 1.807) is 0 Å². The molecule has 0 atom stereocenters. The predicted octanol–water partition coefficient (Wildman–Crippen LogP) is 2.37. The summed E-state index contributed by atoms with van der Waals surface area (Å²) >= 11 is 0. The van der Waals surface area contributed by atoms with Gasteiger partial charge >= 0.3 is 5.63 Å². The van der Waals surface area contributed by atoms with Crippen molar-refractivity contribution >= 4 is 16.9 Å². The van der Waals surface area contributed by atoms with Crippen molar-refractivity contribution in [1.29, 1.82) is 0 Å². The van der Waals surface area contributed by atoms with Gasteiger partial charge in [-0.2, -0.15) is 0 Å². The van der Waals surface area contributed by atoms with Gasteiger partial charge in [-0.05, 0) is 24.1 Å². The smallest absolute Gasteiger partial charge is 0.336 e. The summed E-state index contributed by atoms with van der Waals surface area (Å²) in [6, 6.07) is 7.11. The van der Waals surface area contributed by atoms with Gasteiger partial charge in [0.2, 0.25) is 5.91 Å². The SMILES string of the molecule is Cc1ccc2c(CNC(=O)C(C)C)cc(=O)oc2c1. The second-order valence-corrected chi connectivity index (χ2v) is 4.96. The molecule has 4 heteroatoms. The quantitative estimate of drug-likeness (QED) is 0.861. The van der Waals surface area contributed by atoms with Crippen LogP contribution in [-0.2, 0) is 11.3 Å². The summed E-state index contributed by atoms with van der Waals surface area (Å²) in [5, 5.41) is 3.67. The first-order chi connectivity index (χ1) is 8.97. The van der Waals surface area contributed by atoms with Gasteiger partial charge in [-0.15, -0.1) is 0 Å². The van der Waals surface area contributed by atoms with Crippen molar-refractivity contribution in [3.63, 3.8) is 0 Å². The van der Waals surface area contributed by atoms with Crippen LogP contribution in [0.1, 0.15) is 25.0 Å². The van der Waals surface area contributed by atoms with Crippen LogP contribution in [0.3, 0.4) is 0 Å². The van der Waals surface area contributed by atoms with Crippen molar-refractivity contribution in [3.8, 4) is 0 Å². The van der Waals surface area contributed by atoms with E-state index in [0.717, 1.165) is 16.5 Å². The van der Waals surface area contributed by atoms with Gasteiger partial charge in [0.05, 0.1) is 0 Å². The van der Waals surface area contributed by atoms with E-state index in [4.69, 9.17) is 4.42 Å². The third-order valence-electron chi connectivity index (χ3n) is 2.96. The fraction of sp³-hybridized carbons (Fsp3) is 0.333. The van der Waals surface area contributed by atoms with E-state index >= 15 is 0 Å². The third-order valence-corrected chi connectivity index (χ3v) is 2.96. The largest absolute Gasteiger partial charge is 0.423 e. The Morgan fingerprint density at radius 2 is 2.05 bits per heavy atom. The van der Waals surface area contributed by atoms with E-state index in [1.165, 1.54) is 6.07 Å². The highest BCUT2D eigenvalue weighted by atomic mass is 16.4. The lowest BCUT2D eigenvalue weighted by molar-refractivity contribution is -0.124. The number of carbonyl (C=O) groups excluding carboxylic acids is 1. The lowest BCUT2D eigenvalue weighted by Gasteiger charge is -2.09. The lowest BCUT2D eigenvalue weighted by Crippen LogP contribution is -2.27. The van der Waals surface area contributed by atoms with Gasteiger partial charge in [0.1, 0.15) is 5.58 Å². The summed E-state index contributed by atoms with van der Waals surface area (Å²) < 4.78 is 5.17. The first kappa shape index (κ1) is 13.3. The Labute approximate surface area is 111 Å². The average molecular weight is 259 g/mol. The van der Waals surface area contributed by atoms with E-state index < -0.39 is 5.63 Å². The molecule has 0 unspecified atom stereocenters. The number of hydrogen-bond donors (Lipinski definition) is 1. The molecular weight excluding hydrogens is 242 g/mol. The van der Waals surface area contributed by atoms with Crippen LogP contribution < -0.4 is 10.9 Å². The molecule has 2 rings (SSSR count). The molecule has 1 aromatic carbocycles. The highest BCUT2D eigenvalue weighted by Gasteiger charge is 2.09. The van der Waals surface area contributed by atoms with Gasteiger partial charge < -0.3 is 9.73 Å². The van der Waals surface area contributed by atoms with E-state index in [9.17, 15) is 9.59 Å². The zero-order valence-corrected chi connectivity index (χ0v) is 11.3. The van der Waals surface area contributed by atoms with Gasteiger partial charge in [0.15, 0.2) is 0 Å².